The van der Waals surface area contributed by atoms with Gasteiger partial charge in [-0.1, -0.05) is 27.5 Å². The molecule has 21 heavy (non-hydrogen) atoms. The number of aryl methyl sites for hydroxylation is 1. The average molecular weight is 364 g/mol. The number of aromatic nitrogens is 3. The summed E-state index contributed by atoms with van der Waals surface area (Å²) in [7, 11) is 1.82. The topological polar surface area (TPSA) is 56.7 Å². The molecule has 0 aliphatic rings. The number of nitrogens with two attached hydrogens (primary N) is 1. The van der Waals surface area contributed by atoms with Crippen LogP contribution in [0.25, 0.3) is 22.4 Å². The third kappa shape index (κ3) is 2.54. The Morgan fingerprint density at radius 3 is 2.62 bits per heavy atom. The summed E-state index contributed by atoms with van der Waals surface area (Å²) < 4.78 is 2.58. The Balaban J connectivity index is 2.29. The van der Waals surface area contributed by atoms with E-state index in [1.807, 2.05) is 37.4 Å². The van der Waals surface area contributed by atoms with Gasteiger partial charge >= 0.3 is 0 Å². The van der Waals surface area contributed by atoms with Gasteiger partial charge in [0, 0.05) is 34.5 Å². The van der Waals surface area contributed by atoms with Crippen molar-refractivity contribution in [1.29, 1.82) is 0 Å². The molecule has 106 valence electrons. The molecule has 3 aromatic rings. The summed E-state index contributed by atoms with van der Waals surface area (Å²) in [6.07, 6.45) is 3.47. The highest BCUT2D eigenvalue weighted by Crippen LogP contribution is 2.39. The lowest BCUT2D eigenvalue weighted by Crippen LogP contribution is -1.97. The molecule has 6 heteroatoms. The first-order chi connectivity index (χ1) is 10.1. The summed E-state index contributed by atoms with van der Waals surface area (Å²) in [4.78, 5) is 4.04. The van der Waals surface area contributed by atoms with Gasteiger partial charge in [-0.2, -0.15) is 5.10 Å². The molecule has 0 bridgehead atoms. The monoisotopic (exact) mass is 362 g/mol. The maximum atomic E-state index is 6.19. The van der Waals surface area contributed by atoms with E-state index in [0.717, 1.165) is 26.9 Å². The Morgan fingerprint density at radius 1 is 1.19 bits per heavy atom. The standard InChI is InChI=1S/C15H12BrClN4/c1-21-15(18)13(9-4-6-19-7-5-9)14(20-21)11-8-10(17)2-3-12(11)16/h2-8H,18H2,1H3. The third-order valence-corrected chi connectivity index (χ3v) is 4.17. The van der Waals surface area contributed by atoms with E-state index in [-0.39, 0.29) is 0 Å². The average Bonchev–Trinajstić information content (AvgIpc) is 2.78. The number of rotatable bonds is 2. The lowest BCUT2D eigenvalue weighted by atomic mass is 10.0. The predicted octanol–water partition coefficient (Wildman–Crippen LogP) is 4.15. The van der Waals surface area contributed by atoms with Crippen molar-refractivity contribution in [3.63, 3.8) is 0 Å². The summed E-state index contributed by atoms with van der Waals surface area (Å²) in [5, 5.41) is 5.19. The molecule has 1 aromatic carbocycles. The fourth-order valence-corrected chi connectivity index (χ4v) is 2.81. The number of halogens is 2. The van der Waals surface area contributed by atoms with E-state index < -0.39 is 0 Å². The van der Waals surface area contributed by atoms with Gasteiger partial charge in [-0.3, -0.25) is 9.67 Å². The first-order valence-corrected chi connectivity index (χ1v) is 7.43. The molecule has 2 aromatic heterocycles. The van der Waals surface area contributed by atoms with Crippen molar-refractivity contribution in [1.82, 2.24) is 14.8 Å². The van der Waals surface area contributed by atoms with Crippen LogP contribution in [0.5, 0.6) is 0 Å². The molecular formula is C15H12BrClN4. The highest BCUT2D eigenvalue weighted by atomic mass is 79.9. The molecular weight excluding hydrogens is 352 g/mol. The van der Waals surface area contributed by atoms with Crippen molar-refractivity contribution in [3.8, 4) is 22.4 Å². The smallest absolute Gasteiger partial charge is 0.129 e. The van der Waals surface area contributed by atoms with Gasteiger partial charge in [0.25, 0.3) is 0 Å². The number of nitrogens with zero attached hydrogens (tertiary/aromatic N) is 3. The largest absolute Gasteiger partial charge is 0.383 e. The molecule has 4 nitrogen and oxygen atoms in total. The minimum Gasteiger partial charge on any atom is -0.383 e. The fraction of sp³-hybridized carbons (Fsp3) is 0.0667. The molecule has 0 fully saturated rings. The van der Waals surface area contributed by atoms with Crippen LogP contribution in [0.3, 0.4) is 0 Å². The van der Waals surface area contributed by atoms with Crippen molar-refractivity contribution in [2.75, 3.05) is 5.73 Å². The Morgan fingerprint density at radius 2 is 1.90 bits per heavy atom. The maximum Gasteiger partial charge on any atom is 0.129 e. The van der Waals surface area contributed by atoms with Crippen LogP contribution in [0.2, 0.25) is 5.02 Å². The zero-order chi connectivity index (χ0) is 15.0. The molecule has 0 spiro atoms. The van der Waals surface area contributed by atoms with Gasteiger partial charge in [0.2, 0.25) is 0 Å². The minimum atomic E-state index is 0.600. The van der Waals surface area contributed by atoms with Crippen molar-refractivity contribution in [2.45, 2.75) is 0 Å². The van der Waals surface area contributed by atoms with Gasteiger partial charge < -0.3 is 5.73 Å². The number of benzene rings is 1. The number of anilines is 1. The lowest BCUT2D eigenvalue weighted by molar-refractivity contribution is 0.782. The molecule has 2 N–H and O–H groups in total. The van der Waals surface area contributed by atoms with Crippen molar-refractivity contribution < 1.29 is 0 Å². The zero-order valence-corrected chi connectivity index (χ0v) is 13.6. The Kier molecular flexibility index (Phi) is 3.69. The fourth-order valence-electron chi connectivity index (χ4n) is 2.21. The molecule has 0 radical (unpaired) electrons. The molecule has 0 amide bonds. The van der Waals surface area contributed by atoms with Crippen molar-refractivity contribution >= 4 is 33.3 Å². The summed E-state index contributed by atoms with van der Waals surface area (Å²) >= 11 is 9.66. The summed E-state index contributed by atoms with van der Waals surface area (Å²) in [5.41, 5.74) is 9.73. The normalized spacial score (nSPS) is 10.8. The van der Waals surface area contributed by atoms with Gasteiger partial charge in [-0.05, 0) is 35.9 Å². The molecule has 0 atom stereocenters. The van der Waals surface area contributed by atoms with E-state index >= 15 is 0 Å². The highest BCUT2D eigenvalue weighted by Gasteiger charge is 2.19. The molecule has 3 rings (SSSR count). The van der Waals surface area contributed by atoms with Crippen LogP contribution >= 0.6 is 27.5 Å². The maximum absolute atomic E-state index is 6.19. The second kappa shape index (κ2) is 5.50. The van der Waals surface area contributed by atoms with Crippen molar-refractivity contribution in [3.05, 3.63) is 52.2 Å². The quantitative estimate of drug-likeness (QED) is 0.744. The third-order valence-electron chi connectivity index (χ3n) is 3.24. The summed E-state index contributed by atoms with van der Waals surface area (Å²) in [6.45, 7) is 0. The van der Waals surface area contributed by atoms with E-state index in [0.29, 0.717) is 10.8 Å². The van der Waals surface area contributed by atoms with Gasteiger partial charge in [0.05, 0.1) is 5.56 Å². The van der Waals surface area contributed by atoms with Gasteiger partial charge in [0.1, 0.15) is 11.5 Å². The Hall–Kier alpha value is -1.85. The second-order valence-electron chi connectivity index (χ2n) is 4.59. The van der Waals surface area contributed by atoms with Gasteiger partial charge in [-0.25, -0.2) is 0 Å². The van der Waals surface area contributed by atoms with Crippen LogP contribution in [0.1, 0.15) is 0 Å². The molecule has 0 saturated carbocycles. The van der Waals surface area contributed by atoms with Crippen LogP contribution in [-0.4, -0.2) is 14.8 Å². The second-order valence-corrected chi connectivity index (χ2v) is 5.88. The number of hydrogen-bond donors (Lipinski definition) is 1. The first-order valence-electron chi connectivity index (χ1n) is 6.26. The summed E-state index contributed by atoms with van der Waals surface area (Å²) in [5.74, 6) is 0.600. The van der Waals surface area contributed by atoms with Crippen LogP contribution in [0, 0.1) is 0 Å². The van der Waals surface area contributed by atoms with Crippen LogP contribution in [-0.2, 0) is 7.05 Å². The van der Waals surface area contributed by atoms with E-state index in [1.54, 1.807) is 17.1 Å². The van der Waals surface area contributed by atoms with Crippen LogP contribution < -0.4 is 5.73 Å². The van der Waals surface area contributed by atoms with Crippen LogP contribution in [0.15, 0.2) is 47.2 Å². The van der Waals surface area contributed by atoms with Gasteiger partial charge in [-0.15, -0.1) is 0 Å². The Bertz CT molecular complexity index is 799. The van der Waals surface area contributed by atoms with Crippen LogP contribution in [0.4, 0.5) is 5.82 Å². The molecule has 0 saturated heterocycles. The first kappa shape index (κ1) is 14.1. The molecule has 0 aliphatic heterocycles. The van der Waals surface area contributed by atoms with E-state index in [9.17, 15) is 0 Å². The molecule has 0 unspecified atom stereocenters. The van der Waals surface area contributed by atoms with E-state index in [2.05, 4.69) is 26.0 Å². The predicted molar refractivity (Wildman–Crippen MR) is 89.0 cm³/mol. The van der Waals surface area contributed by atoms with Gasteiger partial charge in [0.15, 0.2) is 0 Å². The number of nitrogen functional groups attached to an aromatic ring is 1. The zero-order valence-electron chi connectivity index (χ0n) is 11.2. The number of hydrogen-bond acceptors (Lipinski definition) is 3. The number of pyridine rings is 1. The lowest BCUT2D eigenvalue weighted by Gasteiger charge is -2.06. The van der Waals surface area contributed by atoms with E-state index in [1.165, 1.54) is 0 Å². The minimum absolute atomic E-state index is 0.600. The van der Waals surface area contributed by atoms with Crippen molar-refractivity contribution in [2.24, 2.45) is 7.05 Å². The molecule has 0 aliphatic carbocycles. The Labute approximate surface area is 135 Å². The SMILES string of the molecule is Cn1nc(-c2cc(Cl)ccc2Br)c(-c2ccncc2)c1N. The molecule has 2 heterocycles. The van der Waals surface area contributed by atoms with E-state index in [4.69, 9.17) is 17.3 Å². The summed E-state index contributed by atoms with van der Waals surface area (Å²) in [6, 6.07) is 9.43. The highest BCUT2D eigenvalue weighted by molar-refractivity contribution is 9.10.